The number of amides is 2. The Kier molecular flexibility index (Phi) is 13.2. The van der Waals surface area contributed by atoms with Crippen LogP contribution in [0.1, 0.15) is 49.7 Å². The van der Waals surface area contributed by atoms with Gasteiger partial charge in [0, 0.05) is 36.4 Å². The number of carbonyl (C=O) groups excluding carboxylic acids is 2. The lowest BCUT2D eigenvalue weighted by Crippen LogP contribution is -2.25. The number of carbonyl (C=O) groups is 2. The van der Waals surface area contributed by atoms with Gasteiger partial charge in [0.05, 0.1) is 52.9 Å². The first-order chi connectivity index (χ1) is 31.4. The molecule has 2 amide bonds. The van der Waals surface area contributed by atoms with Gasteiger partial charge in [0.2, 0.25) is 0 Å². The van der Waals surface area contributed by atoms with Gasteiger partial charge in [-0.2, -0.15) is 9.97 Å². The Morgan fingerprint density at radius 3 is 1.54 bits per heavy atom. The van der Waals surface area contributed by atoms with Crippen molar-refractivity contribution in [3.8, 4) is 0 Å². The molecule has 4 aliphatic rings. The van der Waals surface area contributed by atoms with Crippen molar-refractivity contribution in [2.24, 2.45) is 10.3 Å². The monoisotopic (exact) mass is 1020 g/mol. The molecule has 10 rings (SSSR count). The van der Waals surface area contributed by atoms with Gasteiger partial charge in [0.1, 0.15) is 4.60 Å². The summed E-state index contributed by atoms with van der Waals surface area (Å²) < 4.78 is 61.0. The third-order valence-electron chi connectivity index (χ3n) is 10.2. The summed E-state index contributed by atoms with van der Waals surface area (Å²) in [5.41, 5.74) is 1.69. The second kappa shape index (κ2) is 19.2. The van der Waals surface area contributed by atoms with E-state index in [1.807, 2.05) is 0 Å². The van der Waals surface area contributed by atoms with Gasteiger partial charge in [-0.3, -0.25) is 20.2 Å². The van der Waals surface area contributed by atoms with Crippen LogP contribution in [0.2, 0.25) is 0 Å². The Morgan fingerprint density at radius 2 is 1.09 bits per heavy atom. The summed E-state index contributed by atoms with van der Waals surface area (Å²) in [4.78, 5) is 64.1. The van der Waals surface area contributed by atoms with Crippen molar-refractivity contribution < 1.29 is 45.6 Å². The summed E-state index contributed by atoms with van der Waals surface area (Å²) in [5, 5.41) is 13.6. The molecule has 2 aliphatic heterocycles. The van der Waals surface area contributed by atoms with E-state index in [9.17, 15) is 26.4 Å². The van der Waals surface area contributed by atoms with Gasteiger partial charge in [-0.1, -0.05) is 57.3 Å². The van der Waals surface area contributed by atoms with Crippen LogP contribution in [-0.2, 0) is 48.4 Å². The number of fused-ring (bicyclic) bond motifs is 2. The van der Waals surface area contributed by atoms with E-state index in [-0.39, 0.29) is 43.9 Å². The molecule has 0 spiro atoms. The van der Waals surface area contributed by atoms with E-state index in [1.54, 1.807) is 30.5 Å². The molecule has 4 fully saturated rings. The highest BCUT2D eigenvalue weighted by Crippen LogP contribution is 2.35. The highest BCUT2D eigenvalue weighted by atomic mass is 79.9. The second-order valence-corrected chi connectivity index (χ2v) is 22.3. The molecule has 4 aromatic heterocycles. The lowest BCUT2D eigenvalue weighted by atomic mass is 10.1. The Bertz CT molecular complexity index is 2990. The summed E-state index contributed by atoms with van der Waals surface area (Å²) >= 11 is 5.62. The van der Waals surface area contributed by atoms with Crippen LogP contribution in [0.4, 0.5) is 10.3 Å². The number of halogens is 1. The van der Waals surface area contributed by atoms with Crippen LogP contribution in [0.3, 0.4) is 0 Å². The minimum Gasteiger partial charge on any atom is -0.389 e. The molecule has 6 aromatic rings. The molecule has 25 heteroatoms. The molecule has 2 aromatic carbocycles. The number of oxime groups is 2. The fraction of sp³-hybridized carbons (Fsp3) is 0.350. The summed E-state index contributed by atoms with van der Waals surface area (Å²) in [7, 11) is -6.66. The Hall–Kier alpha value is -5.44. The molecule has 0 bridgehead atoms. The highest BCUT2D eigenvalue weighted by molar-refractivity contribution is 9.10. The largest absolute Gasteiger partial charge is 0.389 e. The van der Waals surface area contributed by atoms with Crippen LogP contribution in [0.15, 0.2) is 91.8 Å². The Labute approximate surface area is 387 Å². The predicted octanol–water partition coefficient (Wildman–Crippen LogP) is 5.10. The first kappa shape index (κ1) is 44.7. The number of nitrogens with one attached hydrogen (secondary N) is 2. The second-order valence-electron chi connectivity index (χ2n) is 15.1. The van der Waals surface area contributed by atoms with Crippen LogP contribution in [0.25, 0.3) is 21.0 Å². The molecular formula is C40H37BrN10O10S4. The third kappa shape index (κ3) is 10.7. The van der Waals surface area contributed by atoms with Crippen molar-refractivity contribution in [2.45, 2.75) is 71.0 Å². The Balaban J connectivity index is 0.000000164. The summed E-state index contributed by atoms with van der Waals surface area (Å²) in [6, 6.07) is 12.2. The number of aromatic nitrogens is 6. The van der Waals surface area contributed by atoms with E-state index in [4.69, 9.17) is 19.1 Å². The number of thiazole rings is 2. The van der Waals surface area contributed by atoms with Gasteiger partial charge in [-0.05, 0) is 65.9 Å². The molecule has 2 saturated carbocycles. The zero-order chi connectivity index (χ0) is 45.1. The molecule has 20 nitrogen and oxygen atoms in total. The van der Waals surface area contributed by atoms with Crippen LogP contribution < -0.4 is 10.6 Å². The highest BCUT2D eigenvalue weighted by Gasteiger charge is 2.38. The molecule has 65 heavy (non-hydrogen) atoms. The topological polar surface area (TPSA) is 265 Å². The summed E-state index contributed by atoms with van der Waals surface area (Å²) in [5.74, 6) is -1.09. The van der Waals surface area contributed by atoms with E-state index in [0.29, 0.717) is 112 Å². The van der Waals surface area contributed by atoms with E-state index >= 15 is 0 Å². The van der Waals surface area contributed by atoms with Gasteiger partial charge in [0.25, 0.3) is 11.8 Å². The molecule has 338 valence electrons. The lowest BCUT2D eigenvalue weighted by molar-refractivity contribution is -0.111. The molecule has 2 N–H and O–H groups in total. The molecular weight excluding hydrogens is 989 g/mol. The predicted molar refractivity (Wildman–Crippen MR) is 242 cm³/mol. The molecule has 6 heterocycles. The van der Waals surface area contributed by atoms with Gasteiger partial charge < -0.3 is 19.1 Å². The average Bonchev–Trinajstić information content (AvgIpc) is 4.13. The number of rotatable bonds is 14. The number of anilines is 2. The number of nitrogens with zero attached hydrogens (tertiary/aromatic N) is 8. The normalized spacial score (nSPS) is 19.2. The van der Waals surface area contributed by atoms with Gasteiger partial charge in [-0.25, -0.2) is 36.8 Å². The first-order valence-electron chi connectivity index (χ1n) is 20.2. The smallest absolute Gasteiger partial charge is 0.280 e. The van der Waals surface area contributed by atoms with Crippen LogP contribution in [0, 0.1) is 0 Å². The van der Waals surface area contributed by atoms with E-state index in [1.165, 1.54) is 59.3 Å². The standard InChI is InChI=1S/C20H18BrN5O5S2.C20H19N5O5S2/c21-15-9-22-17-19(23-15)32-20(24-17)25-18(27)16(26-31-12-7-8-30-10-12)11-1-3-13(4-2-11)33(28,29)14-5-6-14;26-18(24-20-23-17-19(31-20)22-9-8-21-17)16(25-30-13-7-10-29-11-13)12-1-3-14(4-2-12)32(27,28)15-5-6-15/h1-4,9,12,14H,5-8,10H2,(H,22,24,25,27);1-4,8-9,13,15H,5-7,10-11H2,(H,21,23,24,26)/b26-16+;25-16+/t12-;13-/m11/s1. The molecule has 0 unspecified atom stereocenters. The number of ether oxygens (including phenoxy) is 2. The maximum Gasteiger partial charge on any atom is 0.280 e. The molecule has 2 saturated heterocycles. The molecule has 0 radical (unpaired) electrons. The molecule has 2 aliphatic carbocycles. The van der Waals surface area contributed by atoms with Crippen LogP contribution in [-0.4, -0.2) is 119 Å². The van der Waals surface area contributed by atoms with Gasteiger partial charge in [-0.15, -0.1) is 0 Å². The number of benzene rings is 2. The van der Waals surface area contributed by atoms with Crippen molar-refractivity contribution in [1.29, 1.82) is 0 Å². The van der Waals surface area contributed by atoms with Crippen LogP contribution in [0.5, 0.6) is 0 Å². The zero-order valence-electron chi connectivity index (χ0n) is 33.9. The van der Waals surface area contributed by atoms with E-state index in [0.717, 1.165) is 0 Å². The average molecular weight is 1030 g/mol. The fourth-order valence-electron chi connectivity index (χ4n) is 6.44. The summed E-state index contributed by atoms with van der Waals surface area (Å²) in [6.45, 7) is 1.92. The van der Waals surface area contributed by atoms with Gasteiger partial charge >= 0.3 is 0 Å². The van der Waals surface area contributed by atoms with Crippen molar-refractivity contribution in [2.75, 3.05) is 37.1 Å². The first-order valence-corrected chi connectivity index (χ1v) is 25.7. The number of sulfone groups is 2. The van der Waals surface area contributed by atoms with E-state index in [2.05, 4.69) is 66.8 Å². The zero-order valence-corrected chi connectivity index (χ0v) is 38.8. The van der Waals surface area contributed by atoms with Crippen molar-refractivity contribution >= 4 is 113 Å². The maximum absolute atomic E-state index is 13.1. The maximum atomic E-state index is 13.1. The number of hydrogen-bond donors (Lipinski definition) is 2. The quantitative estimate of drug-likeness (QED) is 0.106. The van der Waals surface area contributed by atoms with Crippen molar-refractivity contribution in [1.82, 2.24) is 29.9 Å². The van der Waals surface area contributed by atoms with Crippen molar-refractivity contribution in [3.05, 3.63) is 82.9 Å². The SMILES string of the molecule is O=C(Nc1nc2ncc(Br)nc2s1)/C(=N/O[C@@H]1CCOC1)c1ccc(S(=O)(=O)C2CC2)cc1.O=C(Nc1nc2nccnc2s1)/C(=N/O[C@@H]1CCOC1)c1ccc(S(=O)(=O)C2CC2)cc1. The summed E-state index contributed by atoms with van der Waals surface area (Å²) in [6.07, 6.45) is 8.16. The number of hydrogen-bond acceptors (Lipinski definition) is 20. The van der Waals surface area contributed by atoms with Crippen LogP contribution >= 0.6 is 38.6 Å². The molecule has 2 atom stereocenters. The minimum absolute atomic E-state index is 0.00127. The lowest BCUT2D eigenvalue weighted by Gasteiger charge is -2.10. The Morgan fingerprint density at radius 1 is 0.631 bits per heavy atom. The fourth-order valence-corrected chi connectivity index (χ4v) is 11.7. The minimum atomic E-state index is -3.34. The van der Waals surface area contributed by atoms with Gasteiger partial charge in [0.15, 0.2) is 74.5 Å². The third-order valence-corrected chi connectivity index (χ3v) is 16.9. The van der Waals surface area contributed by atoms with Crippen molar-refractivity contribution in [3.63, 3.8) is 0 Å². The van der Waals surface area contributed by atoms with E-state index < -0.39 is 31.5 Å².